The van der Waals surface area contributed by atoms with Gasteiger partial charge in [-0.1, -0.05) is 0 Å². The van der Waals surface area contributed by atoms with E-state index >= 15 is 0 Å². The molecule has 0 radical (unpaired) electrons. The van der Waals surface area contributed by atoms with Crippen LogP contribution >= 0.6 is 0 Å². The van der Waals surface area contributed by atoms with Crippen LogP contribution in [0, 0.1) is 0 Å². The third-order valence-corrected chi connectivity index (χ3v) is 1.98. The number of hydrogen-bond acceptors (Lipinski definition) is 4. The van der Waals surface area contributed by atoms with Gasteiger partial charge in [0, 0.05) is 18.3 Å². The summed E-state index contributed by atoms with van der Waals surface area (Å²) in [5, 5.41) is 27.1. The number of hydrogen-bond donors (Lipinski definition) is 3. The quantitative estimate of drug-likeness (QED) is 0.589. The van der Waals surface area contributed by atoms with Gasteiger partial charge in [0.05, 0.1) is 19.3 Å². The molecule has 1 aromatic heterocycles. The zero-order valence-electron chi connectivity index (χ0n) is 7.17. The lowest BCUT2D eigenvalue weighted by molar-refractivity contribution is 0.0526. The number of aliphatic hydroxyl groups is 3. The summed E-state index contributed by atoms with van der Waals surface area (Å²) in [5.41, 5.74) is 0.777. The van der Waals surface area contributed by atoms with Gasteiger partial charge >= 0.3 is 0 Å². The molecule has 0 saturated heterocycles. The van der Waals surface area contributed by atoms with E-state index in [4.69, 9.17) is 10.2 Å². The first-order valence-corrected chi connectivity index (χ1v) is 4.09. The maximum Gasteiger partial charge on any atom is 0.0861 e. The number of pyridine rings is 1. The van der Waals surface area contributed by atoms with E-state index in [1.54, 1.807) is 24.5 Å². The summed E-state index contributed by atoms with van der Waals surface area (Å²) in [6.07, 6.45) is 2.25. The lowest BCUT2D eigenvalue weighted by Crippen LogP contribution is -2.25. The van der Waals surface area contributed by atoms with Gasteiger partial charge in [-0.25, -0.2) is 0 Å². The van der Waals surface area contributed by atoms with Crippen LogP contribution in [0.4, 0.5) is 0 Å². The summed E-state index contributed by atoms with van der Waals surface area (Å²) < 4.78 is 0. The molecule has 13 heavy (non-hydrogen) atoms. The molecule has 1 rings (SSSR count). The van der Waals surface area contributed by atoms with Crippen LogP contribution in [0.15, 0.2) is 24.5 Å². The molecule has 2 atom stereocenters. The SMILES string of the molecule is OCC(O)C(CO)c1ccncc1. The first-order valence-electron chi connectivity index (χ1n) is 4.09. The first kappa shape index (κ1) is 10.1. The van der Waals surface area contributed by atoms with Gasteiger partial charge in [0.1, 0.15) is 0 Å². The normalized spacial score (nSPS) is 15.3. The van der Waals surface area contributed by atoms with Crippen molar-refractivity contribution in [2.24, 2.45) is 0 Å². The highest BCUT2D eigenvalue weighted by atomic mass is 16.3. The summed E-state index contributed by atoms with van der Waals surface area (Å²) in [6, 6.07) is 3.42. The van der Waals surface area contributed by atoms with Crippen molar-refractivity contribution in [3.05, 3.63) is 30.1 Å². The molecular weight excluding hydrogens is 170 g/mol. The Morgan fingerprint density at radius 1 is 1.15 bits per heavy atom. The topological polar surface area (TPSA) is 73.6 Å². The molecule has 0 bridgehead atoms. The number of nitrogens with zero attached hydrogens (tertiary/aromatic N) is 1. The van der Waals surface area contributed by atoms with E-state index in [2.05, 4.69) is 4.98 Å². The van der Waals surface area contributed by atoms with Gasteiger partial charge in [0.2, 0.25) is 0 Å². The Balaban J connectivity index is 2.78. The van der Waals surface area contributed by atoms with Crippen molar-refractivity contribution < 1.29 is 15.3 Å². The molecule has 0 fully saturated rings. The van der Waals surface area contributed by atoms with Gasteiger partial charge in [0.25, 0.3) is 0 Å². The van der Waals surface area contributed by atoms with Gasteiger partial charge in [0.15, 0.2) is 0 Å². The van der Waals surface area contributed by atoms with E-state index in [0.717, 1.165) is 5.56 Å². The molecule has 0 spiro atoms. The minimum atomic E-state index is -0.924. The second-order valence-electron chi connectivity index (χ2n) is 2.82. The van der Waals surface area contributed by atoms with E-state index in [9.17, 15) is 5.11 Å². The standard InChI is InChI=1S/C9H13NO3/c11-5-8(9(13)6-12)7-1-3-10-4-2-7/h1-4,8-9,11-13H,5-6H2. The van der Waals surface area contributed by atoms with Crippen LogP contribution in [0.25, 0.3) is 0 Å². The minimum Gasteiger partial charge on any atom is -0.396 e. The van der Waals surface area contributed by atoms with E-state index in [0.29, 0.717) is 0 Å². The Morgan fingerprint density at radius 3 is 2.23 bits per heavy atom. The summed E-state index contributed by atoms with van der Waals surface area (Å²) in [5.74, 6) is -0.437. The fourth-order valence-electron chi connectivity index (χ4n) is 1.19. The Hall–Kier alpha value is -0.970. The number of rotatable bonds is 4. The van der Waals surface area contributed by atoms with E-state index in [-0.39, 0.29) is 13.2 Å². The van der Waals surface area contributed by atoms with Gasteiger partial charge < -0.3 is 15.3 Å². The Kier molecular flexibility index (Phi) is 3.82. The van der Waals surface area contributed by atoms with Crippen molar-refractivity contribution in [1.82, 2.24) is 4.98 Å². The lowest BCUT2D eigenvalue weighted by Gasteiger charge is -2.18. The molecule has 72 valence electrons. The molecule has 0 amide bonds. The van der Waals surface area contributed by atoms with Crippen LogP contribution < -0.4 is 0 Å². The number of aromatic nitrogens is 1. The van der Waals surface area contributed by atoms with Crippen molar-refractivity contribution in [2.45, 2.75) is 12.0 Å². The molecule has 1 aromatic rings. The molecule has 4 heteroatoms. The van der Waals surface area contributed by atoms with Crippen LogP contribution in [-0.4, -0.2) is 39.6 Å². The lowest BCUT2D eigenvalue weighted by atomic mass is 9.96. The zero-order valence-corrected chi connectivity index (χ0v) is 7.17. The van der Waals surface area contributed by atoms with E-state index in [1.165, 1.54) is 0 Å². The molecular formula is C9H13NO3. The first-order chi connectivity index (χ1) is 6.29. The monoisotopic (exact) mass is 183 g/mol. The second kappa shape index (κ2) is 4.91. The average molecular weight is 183 g/mol. The van der Waals surface area contributed by atoms with Crippen LogP contribution in [0.2, 0.25) is 0 Å². The highest BCUT2D eigenvalue weighted by Gasteiger charge is 2.18. The van der Waals surface area contributed by atoms with Gasteiger partial charge in [-0.2, -0.15) is 0 Å². The fraction of sp³-hybridized carbons (Fsp3) is 0.444. The van der Waals surface area contributed by atoms with Crippen molar-refractivity contribution in [1.29, 1.82) is 0 Å². The van der Waals surface area contributed by atoms with Crippen molar-refractivity contribution >= 4 is 0 Å². The van der Waals surface area contributed by atoms with Crippen molar-refractivity contribution in [2.75, 3.05) is 13.2 Å². The van der Waals surface area contributed by atoms with Crippen molar-refractivity contribution in [3.63, 3.8) is 0 Å². The Bertz CT molecular complexity index is 240. The van der Waals surface area contributed by atoms with Crippen LogP contribution in [0.3, 0.4) is 0 Å². The average Bonchev–Trinajstić information content (AvgIpc) is 2.20. The van der Waals surface area contributed by atoms with E-state index < -0.39 is 12.0 Å². The van der Waals surface area contributed by atoms with Gasteiger partial charge in [-0.15, -0.1) is 0 Å². The second-order valence-corrected chi connectivity index (χ2v) is 2.82. The fourth-order valence-corrected chi connectivity index (χ4v) is 1.19. The van der Waals surface area contributed by atoms with Crippen LogP contribution in [0.5, 0.6) is 0 Å². The third kappa shape index (κ3) is 2.48. The molecule has 3 N–H and O–H groups in total. The van der Waals surface area contributed by atoms with Crippen LogP contribution in [-0.2, 0) is 0 Å². The smallest absolute Gasteiger partial charge is 0.0861 e. The summed E-state index contributed by atoms with van der Waals surface area (Å²) >= 11 is 0. The predicted octanol–water partition coefficient (Wildman–Crippen LogP) is -0.489. The number of aliphatic hydroxyl groups excluding tert-OH is 3. The third-order valence-electron chi connectivity index (χ3n) is 1.98. The van der Waals surface area contributed by atoms with Gasteiger partial charge in [-0.05, 0) is 17.7 Å². The Morgan fingerprint density at radius 2 is 1.77 bits per heavy atom. The van der Waals surface area contributed by atoms with E-state index in [1.807, 2.05) is 0 Å². The molecule has 4 nitrogen and oxygen atoms in total. The summed E-state index contributed by atoms with van der Waals surface area (Å²) in [6.45, 7) is -0.542. The molecule has 1 heterocycles. The zero-order chi connectivity index (χ0) is 9.68. The molecule has 0 saturated carbocycles. The largest absolute Gasteiger partial charge is 0.396 e. The molecule has 0 aromatic carbocycles. The summed E-state index contributed by atoms with van der Waals surface area (Å²) in [7, 11) is 0. The van der Waals surface area contributed by atoms with Gasteiger partial charge in [-0.3, -0.25) is 4.98 Å². The Labute approximate surface area is 76.5 Å². The maximum absolute atomic E-state index is 9.34. The summed E-state index contributed by atoms with van der Waals surface area (Å²) in [4.78, 5) is 3.82. The minimum absolute atomic E-state index is 0.189. The highest BCUT2D eigenvalue weighted by molar-refractivity contribution is 5.17. The maximum atomic E-state index is 9.34. The molecule has 0 aliphatic rings. The van der Waals surface area contributed by atoms with Crippen LogP contribution in [0.1, 0.15) is 11.5 Å². The predicted molar refractivity (Wildman–Crippen MR) is 47.2 cm³/mol. The molecule has 2 unspecified atom stereocenters. The molecule has 0 aliphatic carbocycles. The van der Waals surface area contributed by atoms with Crippen molar-refractivity contribution in [3.8, 4) is 0 Å². The molecule has 0 aliphatic heterocycles. The highest BCUT2D eigenvalue weighted by Crippen LogP contribution is 2.17.